The Bertz CT molecular complexity index is 184. The summed E-state index contributed by atoms with van der Waals surface area (Å²) in [5.41, 5.74) is 0.0831. The SMILES string of the molecule is CC1CC[C@H](C(=O)CO)C1(C)C. The van der Waals surface area contributed by atoms with Gasteiger partial charge < -0.3 is 5.11 Å². The highest BCUT2D eigenvalue weighted by atomic mass is 16.3. The highest BCUT2D eigenvalue weighted by Gasteiger charge is 2.43. The van der Waals surface area contributed by atoms with E-state index in [4.69, 9.17) is 5.11 Å². The normalized spacial score (nSPS) is 33.7. The summed E-state index contributed by atoms with van der Waals surface area (Å²) in [6, 6.07) is 0. The Balaban J connectivity index is 2.74. The summed E-state index contributed by atoms with van der Waals surface area (Å²) in [6.07, 6.45) is 2.07. The molecule has 0 spiro atoms. The molecular formula is C10H18O2. The Morgan fingerprint density at radius 1 is 1.50 bits per heavy atom. The molecule has 0 aromatic rings. The molecule has 0 saturated heterocycles. The van der Waals surface area contributed by atoms with Crippen LogP contribution in [0.4, 0.5) is 0 Å². The second-order valence-corrected chi connectivity index (χ2v) is 4.48. The second-order valence-electron chi connectivity index (χ2n) is 4.48. The first-order valence-electron chi connectivity index (χ1n) is 4.63. The van der Waals surface area contributed by atoms with Gasteiger partial charge >= 0.3 is 0 Å². The third-order valence-electron chi connectivity index (χ3n) is 3.60. The van der Waals surface area contributed by atoms with Gasteiger partial charge in [-0.25, -0.2) is 0 Å². The average Bonchev–Trinajstić information content (AvgIpc) is 2.27. The number of aliphatic hydroxyl groups is 1. The Labute approximate surface area is 74.0 Å². The van der Waals surface area contributed by atoms with Crippen LogP contribution in [0.2, 0.25) is 0 Å². The van der Waals surface area contributed by atoms with E-state index in [-0.39, 0.29) is 23.7 Å². The zero-order valence-corrected chi connectivity index (χ0v) is 8.13. The number of hydrogen-bond acceptors (Lipinski definition) is 2. The van der Waals surface area contributed by atoms with E-state index in [9.17, 15) is 4.79 Å². The van der Waals surface area contributed by atoms with Gasteiger partial charge in [0.15, 0.2) is 5.78 Å². The van der Waals surface area contributed by atoms with Crippen molar-refractivity contribution < 1.29 is 9.90 Å². The third kappa shape index (κ3) is 1.40. The van der Waals surface area contributed by atoms with Crippen LogP contribution in [0, 0.1) is 17.3 Å². The lowest BCUT2D eigenvalue weighted by atomic mass is 9.74. The third-order valence-corrected chi connectivity index (χ3v) is 3.60. The molecule has 1 fully saturated rings. The van der Waals surface area contributed by atoms with Crippen molar-refractivity contribution in [2.45, 2.75) is 33.6 Å². The molecule has 1 aliphatic carbocycles. The van der Waals surface area contributed by atoms with Gasteiger partial charge in [-0.15, -0.1) is 0 Å². The highest BCUT2D eigenvalue weighted by Crippen LogP contribution is 2.47. The predicted molar refractivity (Wildman–Crippen MR) is 47.8 cm³/mol. The zero-order valence-electron chi connectivity index (χ0n) is 8.13. The number of Topliss-reactive ketones (excluding diaryl/α,β-unsaturated/α-hetero) is 1. The maximum absolute atomic E-state index is 11.3. The van der Waals surface area contributed by atoms with Gasteiger partial charge in [-0.2, -0.15) is 0 Å². The minimum Gasteiger partial charge on any atom is -0.389 e. The zero-order chi connectivity index (χ0) is 9.35. The number of hydrogen-bond donors (Lipinski definition) is 1. The Kier molecular flexibility index (Phi) is 2.57. The van der Waals surface area contributed by atoms with Crippen LogP contribution in [0.5, 0.6) is 0 Å². The number of ketones is 1. The van der Waals surface area contributed by atoms with Crippen LogP contribution in [-0.2, 0) is 4.79 Å². The molecule has 12 heavy (non-hydrogen) atoms. The lowest BCUT2D eigenvalue weighted by molar-refractivity contribution is -0.128. The Morgan fingerprint density at radius 3 is 2.42 bits per heavy atom. The average molecular weight is 170 g/mol. The lowest BCUT2D eigenvalue weighted by Crippen LogP contribution is -2.31. The van der Waals surface area contributed by atoms with Crippen LogP contribution in [0.1, 0.15) is 33.6 Å². The van der Waals surface area contributed by atoms with E-state index in [1.165, 1.54) is 0 Å². The van der Waals surface area contributed by atoms with Gasteiger partial charge in [-0.05, 0) is 24.2 Å². The molecule has 0 aliphatic heterocycles. The molecule has 70 valence electrons. The summed E-state index contributed by atoms with van der Waals surface area (Å²) in [4.78, 5) is 11.3. The van der Waals surface area contributed by atoms with Crippen molar-refractivity contribution in [3.8, 4) is 0 Å². The quantitative estimate of drug-likeness (QED) is 0.683. The smallest absolute Gasteiger partial charge is 0.161 e. The van der Waals surface area contributed by atoms with Crippen LogP contribution in [0.25, 0.3) is 0 Å². The Morgan fingerprint density at radius 2 is 2.08 bits per heavy atom. The molecule has 0 bridgehead atoms. The molecule has 0 aromatic heterocycles. The molecule has 1 saturated carbocycles. The van der Waals surface area contributed by atoms with E-state index in [1.54, 1.807) is 0 Å². The first kappa shape index (κ1) is 9.72. The second kappa shape index (κ2) is 3.17. The number of rotatable bonds is 2. The van der Waals surface area contributed by atoms with Crippen molar-refractivity contribution in [3.05, 3.63) is 0 Å². The molecule has 1 aliphatic rings. The summed E-state index contributed by atoms with van der Waals surface area (Å²) in [7, 11) is 0. The van der Waals surface area contributed by atoms with E-state index >= 15 is 0 Å². The van der Waals surface area contributed by atoms with Crippen LogP contribution in [-0.4, -0.2) is 17.5 Å². The Hall–Kier alpha value is -0.370. The largest absolute Gasteiger partial charge is 0.389 e. The lowest BCUT2D eigenvalue weighted by Gasteiger charge is -2.29. The van der Waals surface area contributed by atoms with Crippen molar-refractivity contribution in [1.29, 1.82) is 0 Å². The van der Waals surface area contributed by atoms with Gasteiger partial charge in [0.25, 0.3) is 0 Å². The number of carbonyl (C=O) groups is 1. The van der Waals surface area contributed by atoms with E-state index in [1.807, 2.05) is 0 Å². The summed E-state index contributed by atoms with van der Waals surface area (Å²) >= 11 is 0. The van der Waals surface area contributed by atoms with Gasteiger partial charge in [0.2, 0.25) is 0 Å². The standard InChI is InChI=1S/C10H18O2/c1-7-4-5-8(9(12)6-11)10(7,2)3/h7-8,11H,4-6H2,1-3H3/t7?,8-/m1/s1. The molecule has 0 radical (unpaired) electrons. The van der Waals surface area contributed by atoms with Crippen LogP contribution >= 0.6 is 0 Å². The predicted octanol–water partition coefficient (Wildman–Crippen LogP) is 1.62. The van der Waals surface area contributed by atoms with Crippen LogP contribution in [0.3, 0.4) is 0 Å². The van der Waals surface area contributed by atoms with Gasteiger partial charge in [0.05, 0.1) is 0 Å². The molecule has 0 amide bonds. The summed E-state index contributed by atoms with van der Waals surface area (Å²) in [6.45, 7) is 6.15. The molecule has 2 atom stereocenters. The maximum atomic E-state index is 11.3. The van der Waals surface area contributed by atoms with Gasteiger partial charge in [0, 0.05) is 5.92 Å². The van der Waals surface area contributed by atoms with E-state index in [0.717, 1.165) is 12.8 Å². The monoisotopic (exact) mass is 170 g/mol. The first-order valence-corrected chi connectivity index (χ1v) is 4.63. The molecular weight excluding hydrogens is 152 g/mol. The van der Waals surface area contributed by atoms with E-state index < -0.39 is 0 Å². The van der Waals surface area contributed by atoms with Crippen LogP contribution < -0.4 is 0 Å². The van der Waals surface area contributed by atoms with Gasteiger partial charge in [0.1, 0.15) is 6.61 Å². The molecule has 0 aromatic carbocycles. The van der Waals surface area contributed by atoms with Crippen molar-refractivity contribution in [3.63, 3.8) is 0 Å². The molecule has 0 heterocycles. The fourth-order valence-corrected chi connectivity index (χ4v) is 2.19. The van der Waals surface area contributed by atoms with Crippen molar-refractivity contribution in [1.82, 2.24) is 0 Å². The van der Waals surface area contributed by atoms with Gasteiger partial charge in [-0.3, -0.25) is 4.79 Å². The first-order chi connectivity index (χ1) is 5.50. The fraction of sp³-hybridized carbons (Fsp3) is 0.900. The molecule has 2 heteroatoms. The summed E-state index contributed by atoms with van der Waals surface area (Å²) < 4.78 is 0. The molecule has 1 N–H and O–H groups in total. The van der Waals surface area contributed by atoms with E-state index in [2.05, 4.69) is 20.8 Å². The topological polar surface area (TPSA) is 37.3 Å². The molecule has 2 nitrogen and oxygen atoms in total. The maximum Gasteiger partial charge on any atom is 0.161 e. The van der Waals surface area contributed by atoms with Crippen molar-refractivity contribution in [2.24, 2.45) is 17.3 Å². The highest BCUT2D eigenvalue weighted by molar-refractivity contribution is 5.83. The molecule has 1 unspecified atom stereocenters. The summed E-state index contributed by atoms with van der Waals surface area (Å²) in [5, 5.41) is 8.76. The minimum absolute atomic E-state index is 0.0179. The van der Waals surface area contributed by atoms with E-state index in [0.29, 0.717) is 5.92 Å². The number of carbonyl (C=O) groups excluding carboxylic acids is 1. The van der Waals surface area contributed by atoms with Crippen molar-refractivity contribution in [2.75, 3.05) is 6.61 Å². The van der Waals surface area contributed by atoms with Gasteiger partial charge in [-0.1, -0.05) is 20.8 Å². The summed E-state index contributed by atoms with van der Waals surface area (Å²) in [5.74, 6) is 0.694. The molecule has 1 rings (SSSR count). The van der Waals surface area contributed by atoms with Crippen LogP contribution in [0.15, 0.2) is 0 Å². The van der Waals surface area contributed by atoms with Crippen molar-refractivity contribution >= 4 is 5.78 Å². The fourth-order valence-electron chi connectivity index (χ4n) is 2.19. The number of aliphatic hydroxyl groups excluding tert-OH is 1. The minimum atomic E-state index is -0.291.